The lowest BCUT2D eigenvalue weighted by Crippen LogP contribution is -2.19. The molecule has 1 saturated heterocycles. The molecule has 1 fully saturated rings. The smallest absolute Gasteiger partial charge is 0.0624 e. The Morgan fingerprint density at radius 2 is 2.11 bits per heavy atom. The fourth-order valence-corrected chi connectivity index (χ4v) is 1.57. The molecule has 0 aromatic carbocycles. The molecule has 0 aromatic rings. The molecule has 0 aromatic heterocycles. The van der Waals surface area contributed by atoms with E-state index < -0.39 is 0 Å². The number of rotatable bonds is 1. The van der Waals surface area contributed by atoms with Crippen LogP contribution in [0.15, 0.2) is 0 Å². The molecule has 1 nitrogen and oxygen atoms in total. The van der Waals surface area contributed by atoms with Crippen molar-refractivity contribution in [3.63, 3.8) is 0 Å². The molecule has 0 radical (unpaired) electrons. The molecule has 0 N–H and O–H groups in total. The predicted octanol–water partition coefficient (Wildman–Crippen LogP) is 2.07. The van der Waals surface area contributed by atoms with E-state index in [1.165, 1.54) is 6.42 Å². The van der Waals surface area contributed by atoms with Gasteiger partial charge in [-0.25, -0.2) is 0 Å². The van der Waals surface area contributed by atoms with Gasteiger partial charge in [0.05, 0.1) is 6.10 Å². The highest BCUT2D eigenvalue weighted by molar-refractivity contribution is 4.74. The molecular formula is C8H16O. The van der Waals surface area contributed by atoms with Crippen molar-refractivity contribution in [1.29, 1.82) is 0 Å². The number of ether oxygens (including phenoxy) is 1. The van der Waals surface area contributed by atoms with Crippen LogP contribution in [0, 0.1) is 11.8 Å². The van der Waals surface area contributed by atoms with E-state index in [1.807, 2.05) is 0 Å². The third-order valence-corrected chi connectivity index (χ3v) is 2.10. The zero-order valence-corrected chi connectivity index (χ0v) is 6.55. The van der Waals surface area contributed by atoms with Gasteiger partial charge in [-0.1, -0.05) is 20.8 Å². The second kappa shape index (κ2) is 2.70. The molecule has 0 saturated carbocycles. The van der Waals surface area contributed by atoms with Crippen molar-refractivity contribution in [2.24, 2.45) is 11.8 Å². The standard InChI is InChI=1S/C8H16O/c1-6(2)8-7(3)4-5-9-8/h6-8H,4-5H2,1-3H3. The molecule has 0 aliphatic carbocycles. The van der Waals surface area contributed by atoms with Gasteiger partial charge in [-0.05, 0) is 18.3 Å². The summed E-state index contributed by atoms with van der Waals surface area (Å²) in [6, 6.07) is 0. The van der Waals surface area contributed by atoms with Gasteiger partial charge in [0.2, 0.25) is 0 Å². The third-order valence-electron chi connectivity index (χ3n) is 2.10. The molecule has 0 amide bonds. The number of hydrogen-bond donors (Lipinski definition) is 0. The zero-order valence-electron chi connectivity index (χ0n) is 6.55. The van der Waals surface area contributed by atoms with Crippen LogP contribution in [0.2, 0.25) is 0 Å². The van der Waals surface area contributed by atoms with E-state index in [9.17, 15) is 0 Å². The fourth-order valence-electron chi connectivity index (χ4n) is 1.57. The number of hydrogen-bond acceptors (Lipinski definition) is 1. The average Bonchev–Trinajstić information content (AvgIpc) is 2.13. The molecule has 1 heteroatoms. The minimum Gasteiger partial charge on any atom is -0.378 e. The second-order valence-corrected chi connectivity index (χ2v) is 3.35. The summed E-state index contributed by atoms with van der Waals surface area (Å²) >= 11 is 0. The first kappa shape index (κ1) is 7.07. The summed E-state index contributed by atoms with van der Waals surface area (Å²) in [4.78, 5) is 0. The quantitative estimate of drug-likeness (QED) is 0.525. The van der Waals surface area contributed by atoms with Crippen LogP contribution in [-0.2, 0) is 4.74 Å². The van der Waals surface area contributed by atoms with Crippen LogP contribution in [0.25, 0.3) is 0 Å². The first-order valence-electron chi connectivity index (χ1n) is 3.83. The Balaban J connectivity index is 2.40. The van der Waals surface area contributed by atoms with Gasteiger partial charge in [0.25, 0.3) is 0 Å². The van der Waals surface area contributed by atoms with E-state index in [-0.39, 0.29) is 0 Å². The Hall–Kier alpha value is -0.0400. The van der Waals surface area contributed by atoms with Gasteiger partial charge in [-0.2, -0.15) is 0 Å². The summed E-state index contributed by atoms with van der Waals surface area (Å²) in [5.41, 5.74) is 0. The molecule has 1 aliphatic rings. The van der Waals surface area contributed by atoms with Gasteiger partial charge in [-0.15, -0.1) is 0 Å². The molecular weight excluding hydrogens is 112 g/mol. The maximum absolute atomic E-state index is 5.53. The Morgan fingerprint density at radius 3 is 2.33 bits per heavy atom. The fraction of sp³-hybridized carbons (Fsp3) is 1.00. The third kappa shape index (κ3) is 1.45. The topological polar surface area (TPSA) is 9.23 Å². The minimum absolute atomic E-state index is 0.532. The molecule has 9 heavy (non-hydrogen) atoms. The van der Waals surface area contributed by atoms with E-state index >= 15 is 0 Å². The molecule has 1 heterocycles. The Labute approximate surface area is 57.4 Å². The van der Waals surface area contributed by atoms with Crippen molar-refractivity contribution in [3.05, 3.63) is 0 Å². The Kier molecular flexibility index (Phi) is 2.12. The maximum atomic E-state index is 5.53. The molecule has 2 atom stereocenters. The summed E-state index contributed by atoms with van der Waals surface area (Å²) in [5, 5.41) is 0. The molecule has 1 rings (SSSR count). The average molecular weight is 128 g/mol. The highest BCUT2D eigenvalue weighted by atomic mass is 16.5. The molecule has 1 aliphatic heterocycles. The van der Waals surface area contributed by atoms with Crippen LogP contribution < -0.4 is 0 Å². The molecule has 0 spiro atoms. The normalized spacial score (nSPS) is 36.0. The molecule has 54 valence electrons. The maximum Gasteiger partial charge on any atom is 0.0624 e. The van der Waals surface area contributed by atoms with Gasteiger partial charge < -0.3 is 4.74 Å². The van der Waals surface area contributed by atoms with Gasteiger partial charge in [-0.3, -0.25) is 0 Å². The van der Waals surface area contributed by atoms with Crippen molar-refractivity contribution in [2.45, 2.75) is 33.3 Å². The van der Waals surface area contributed by atoms with E-state index in [1.54, 1.807) is 0 Å². The lowest BCUT2D eigenvalue weighted by molar-refractivity contribution is 0.0577. The van der Waals surface area contributed by atoms with Crippen molar-refractivity contribution in [3.8, 4) is 0 Å². The monoisotopic (exact) mass is 128 g/mol. The summed E-state index contributed by atoms with van der Waals surface area (Å²) in [6.45, 7) is 7.71. The van der Waals surface area contributed by atoms with Crippen LogP contribution in [0.4, 0.5) is 0 Å². The highest BCUT2D eigenvalue weighted by Gasteiger charge is 2.26. The largest absolute Gasteiger partial charge is 0.378 e. The van der Waals surface area contributed by atoms with E-state index in [2.05, 4.69) is 20.8 Å². The van der Waals surface area contributed by atoms with Gasteiger partial charge in [0, 0.05) is 6.61 Å². The van der Waals surface area contributed by atoms with Crippen LogP contribution in [-0.4, -0.2) is 12.7 Å². The van der Waals surface area contributed by atoms with Gasteiger partial charge in [0.15, 0.2) is 0 Å². The molecule has 2 unspecified atom stereocenters. The Bertz CT molecular complexity index is 88.6. The lowest BCUT2D eigenvalue weighted by Gasteiger charge is -2.17. The lowest BCUT2D eigenvalue weighted by atomic mass is 9.95. The van der Waals surface area contributed by atoms with E-state index in [0.717, 1.165) is 12.5 Å². The second-order valence-electron chi connectivity index (χ2n) is 3.35. The predicted molar refractivity (Wildman–Crippen MR) is 38.4 cm³/mol. The highest BCUT2D eigenvalue weighted by Crippen LogP contribution is 2.25. The van der Waals surface area contributed by atoms with E-state index in [4.69, 9.17) is 4.74 Å². The van der Waals surface area contributed by atoms with Crippen molar-refractivity contribution >= 4 is 0 Å². The summed E-state index contributed by atoms with van der Waals surface area (Å²) in [5.74, 6) is 1.48. The summed E-state index contributed by atoms with van der Waals surface area (Å²) < 4.78 is 5.53. The summed E-state index contributed by atoms with van der Waals surface area (Å²) in [6.07, 6.45) is 1.79. The van der Waals surface area contributed by atoms with E-state index in [0.29, 0.717) is 12.0 Å². The molecule has 0 bridgehead atoms. The van der Waals surface area contributed by atoms with Crippen LogP contribution in [0.3, 0.4) is 0 Å². The summed E-state index contributed by atoms with van der Waals surface area (Å²) in [7, 11) is 0. The first-order valence-corrected chi connectivity index (χ1v) is 3.83. The van der Waals surface area contributed by atoms with Crippen LogP contribution in [0.1, 0.15) is 27.2 Å². The van der Waals surface area contributed by atoms with Crippen LogP contribution in [0.5, 0.6) is 0 Å². The minimum atomic E-state index is 0.532. The van der Waals surface area contributed by atoms with Crippen molar-refractivity contribution in [1.82, 2.24) is 0 Å². The van der Waals surface area contributed by atoms with Gasteiger partial charge in [0.1, 0.15) is 0 Å². The van der Waals surface area contributed by atoms with Gasteiger partial charge >= 0.3 is 0 Å². The van der Waals surface area contributed by atoms with Crippen LogP contribution >= 0.6 is 0 Å². The van der Waals surface area contributed by atoms with Crippen molar-refractivity contribution in [2.75, 3.05) is 6.61 Å². The van der Waals surface area contributed by atoms with Crippen molar-refractivity contribution < 1.29 is 4.74 Å². The first-order chi connectivity index (χ1) is 4.22. The Morgan fingerprint density at radius 1 is 1.44 bits per heavy atom. The SMILES string of the molecule is CC(C)C1OCCC1C. The zero-order chi connectivity index (χ0) is 6.85.